The van der Waals surface area contributed by atoms with Crippen molar-refractivity contribution >= 4 is 24.0 Å². The Balaban J connectivity index is 0.00000161. The lowest BCUT2D eigenvalue weighted by atomic mass is 9.95. The Labute approximate surface area is 133 Å². The topological polar surface area (TPSA) is 23.6 Å². The molecule has 2 aliphatic heterocycles. The molecule has 0 spiro atoms. The van der Waals surface area contributed by atoms with E-state index >= 15 is 0 Å². The number of nitrogens with zero attached hydrogens (tertiary/aromatic N) is 2. The van der Waals surface area contributed by atoms with Crippen LogP contribution in [0.5, 0.6) is 0 Å². The van der Waals surface area contributed by atoms with Crippen molar-refractivity contribution in [3.8, 4) is 0 Å². The van der Waals surface area contributed by atoms with E-state index in [1.165, 1.54) is 12.8 Å². The van der Waals surface area contributed by atoms with Gasteiger partial charge in [-0.3, -0.25) is 4.79 Å². The van der Waals surface area contributed by atoms with Crippen LogP contribution in [0.4, 0.5) is 5.69 Å². The van der Waals surface area contributed by atoms with Gasteiger partial charge in [-0.05, 0) is 44.9 Å². The number of anilines is 1. The Morgan fingerprint density at radius 2 is 1.76 bits per heavy atom. The molecule has 0 aromatic heterocycles. The molecule has 0 saturated carbocycles. The lowest BCUT2D eigenvalue weighted by molar-refractivity contribution is -0.119. The van der Waals surface area contributed by atoms with Gasteiger partial charge < -0.3 is 9.80 Å². The third kappa shape index (κ3) is 3.09. The van der Waals surface area contributed by atoms with Crippen molar-refractivity contribution in [2.45, 2.75) is 57.2 Å². The van der Waals surface area contributed by atoms with Crippen molar-refractivity contribution in [3.63, 3.8) is 0 Å². The van der Waals surface area contributed by atoms with E-state index in [0.717, 1.165) is 18.5 Å². The number of carbonyl (C=O) groups excluding carboxylic acids is 1. The van der Waals surface area contributed by atoms with Gasteiger partial charge in [0.25, 0.3) is 0 Å². The first kappa shape index (κ1) is 16.3. The minimum Gasteiger partial charge on any atom is -0.309 e. The molecule has 2 fully saturated rings. The van der Waals surface area contributed by atoms with Crippen molar-refractivity contribution in [2.75, 3.05) is 11.9 Å². The monoisotopic (exact) mass is 308 g/mol. The standard InChI is InChI=1S/C17H24N2O.ClH/c1-3-17(20)19(13-7-5-4-6-8-13)16-11-14-9-10-15(12-16)18(14)2;/h4-8,14-16H,3,9-12H2,1-2H3;1H/t14-,15+,16?;. The van der Waals surface area contributed by atoms with E-state index in [9.17, 15) is 4.79 Å². The van der Waals surface area contributed by atoms with Crippen LogP contribution in [0.3, 0.4) is 0 Å². The third-order valence-corrected chi connectivity index (χ3v) is 5.04. The van der Waals surface area contributed by atoms with Gasteiger partial charge in [-0.1, -0.05) is 25.1 Å². The zero-order valence-electron chi connectivity index (χ0n) is 12.9. The number of rotatable bonds is 3. The van der Waals surface area contributed by atoms with Crippen molar-refractivity contribution in [3.05, 3.63) is 30.3 Å². The van der Waals surface area contributed by atoms with Crippen LogP contribution in [-0.2, 0) is 4.79 Å². The van der Waals surface area contributed by atoms with E-state index in [1.807, 2.05) is 25.1 Å². The van der Waals surface area contributed by atoms with Gasteiger partial charge in [-0.15, -0.1) is 12.4 Å². The average molecular weight is 309 g/mol. The lowest BCUT2D eigenvalue weighted by Crippen LogP contribution is -2.51. The molecule has 2 bridgehead atoms. The summed E-state index contributed by atoms with van der Waals surface area (Å²) in [6.45, 7) is 1.96. The van der Waals surface area contributed by atoms with Crippen LogP contribution >= 0.6 is 12.4 Å². The average Bonchev–Trinajstić information content (AvgIpc) is 2.70. The molecule has 2 heterocycles. The second-order valence-corrected chi connectivity index (χ2v) is 6.13. The van der Waals surface area contributed by atoms with E-state index < -0.39 is 0 Å². The van der Waals surface area contributed by atoms with Crippen LogP contribution in [-0.4, -0.2) is 36.0 Å². The predicted octanol–water partition coefficient (Wildman–Crippen LogP) is 3.48. The Bertz CT molecular complexity index is 465. The summed E-state index contributed by atoms with van der Waals surface area (Å²) in [4.78, 5) is 17.0. The van der Waals surface area contributed by atoms with Crippen molar-refractivity contribution in [2.24, 2.45) is 0 Å². The van der Waals surface area contributed by atoms with E-state index in [0.29, 0.717) is 24.5 Å². The predicted molar refractivity (Wildman–Crippen MR) is 89.1 cm³/mol. The van der Waals surface area contributed by atoms with Gasteiger partial charge >= 0.3 is 0 Å². The quantitative estimate of drug-likeness (QED) is 0.853. The highest BCUT2D eigenvalue weighted by molar-refractivity contribution is 5.93. The maximum atomic E-state index is 12.4. The van der Waals surface area contributed by atoms with E-state index in [2.05, 4.69) is 29.0 Å². The van der Waals surface area contributed by atoms with Crippen LogP contribution in [0.1, 0.15) is 39.0 Å². The van der Waals surface area contributed by atoms with Gasteiger partial charge in [0.2, 0.25) is 5.91 Å². The van der Waals surface area contributed by atoms with Gasteiger partial charge in [0.15, 0.2) is 0 Å². The molecule has 1 aromatic rings. The van der Waals surface area contributed by atoms with Crippen molar-refractivity contribution in [1.29, 1.82) is 0 Å². The molecule has 1 unspecified atom stereocenters. The molecule has 0 aliphatic carbocycles. The van der Waals surface area contributed by atoms with Crippen molar-refractivity contribution < 1.29 is 4.79 Å². The smallest absolute Gasteiger partial charge is 0.226 e. The van der Waals surface area contributed by atoms with Gasteiger partial charge in [0, 0.05) is 30.2 Å². The van der Waals surface area contributed by atoms with Crippen LogP contribution in [0.15, 0.2) is 30.3 Å². The van der Waals surface area contributed by atoms with Crippen LogP contribution in [0.25, 0.3) is 0 Å². The molecule has 0 radical (unpaired) electrons. The second-order valence-electron chi connectivity index (χ2n) is 6.13. The Hall–Kier alpha value is -1.06. The SMILES string of the molecule is CCC(=O)N(c1ccccc1)C1C[C@H]2CC[C@@H](C1)N2C.Cl. The molecule has 3 rings (SSSR count). The summed E-state index contributed by atoms with van der Waals surface area (Å²) in [6.07, 6.45) is 5.40. The number of fused-ring (bicyclic) bond motifs is 2. The zero-order valence-corrected chi connectivity index (χ0v) is 13.7. The molecule has 2 aliphatic rings. The first-order valence-electron chi connectivity index (χ1n) is 7.79. The van der Waals surface area contributed by atoms with Gasteiger partial charge in [0.05, 0.1) is 0 Å². The molecule has 1 amide bonds. The molecule has 3 nitrogen and oxygen atoms in total. The highest BCUT2D eigenvalue weighted by Crippen LogP contribution is 2.37. The first-order valence-corrected chi connectivity index (χ1v) is 7.79. The molecular weight excluding hydrogens is 284 g/mol. The van der Waals surface area contributed by atoms with Crippen LogP contribution < -0.4 is 4.90 Å². The first-order chi connectivity index (χ1) is 9.70. The number of carbonyl (C=O) groups is 1. The highest BCUT2D eigenvalue weighted by atomic mass is 35.5. The fourth-order valence-electron chi connectivity index (χ4n) is 3.91. The maximum Gasteiger partial charge on any atom is 0.226 e. The van der Waals surface area contributed by atoms with Crippen LogP contribution in [0, 0.1) is 0 Å². The molecular formula is C17H25ClN2O. The Morgan fingerprint density at radius 1 is 1.19 bits per heavy atom. The summed E-state index contributed by atoms with van der Waals surface area (Å²) in [7, 11) is 2.24. The Kier molecular flexibility index (Phi) is 5.28. The van der Waals surface area contributed by atoms with Gasteiger partial charge in [0.1, 0.15) is 0 Å². The molecule has 0 N–H and O–H groups in total. The Morgan fingerprint density at radius 3 is 2.29 bits per heavy atom. The number of halogens is 1. The molecule has 116 valence electrons. The minimum atomic E-state index is 0. The second kappa shape index (κ2) is 6.80. The summed E-state index contributed by atoms with van der Waals surface area (Å²) < 4.78 is 0. The molecule has 21 heavy (non-hydrogen) atoms. The number of para-hydroxylation sites is 1. The third-order valence-electron chi connectivity index (χ3n) is 5.04. The van der Waals surface area contributed by atoms with E-state index in [-0.39, 0.29) is 18.3 Å². The van der Waals surface area contributed by atoms with E-state index in [4.69, 9.17) is 0 Å². The number of hydrogen-bond donors (Lipinski definition) is 0. The van der Waals surface area contributed by atoms with Gasteiger partial charge in [-0.2, -0.15) is 0 Å². The lowest BCUT2D eigenvalue weighted by Gasteiger charge is -2.41. The summed E-state index contributed by atoms with van der Waals surface area (Å²) in [6, 6.07) is 11.9. The summed E-state index contributed by atoms with van der Waals surface area (Å²) in [5, 5.41) is 0. The minimum absolute atomic E-state index is 0. The van der Waals surface area contributed by atoms with Crippen LogP contribution in [0.2, 0.25) is 0 Å². The maximum absolute atomic E-state index is 12.4. The highest BCUT2D eigenvalue weighted by Gasteiger charge is 2.41. The molecule has 2 saturated heterocycles. The fourth-order valence-corrected chi connectivity index (χ4v) is 3.91. The fraction of sp³-hybridized carbons (Fsp3) is 0.588. The zero-order chi connectivity index (χ0) is 14.1. The summed E-state index contributed by atoms with van der Waals surface area (Å²) >= 11 is 0. The summed E-state index contributed by atoms with van der Waals surface area (Å²) in [5.74, 6) is 0.255. The molecule has 4 heteroatoms. The largest absolute Gasteiger partial charge is 0.309 e. The van der Waals surface area contributed by atoms with Crippen molar-refractivity contribution in [1.82, 2.24) is 4.90 Å². The molecule has 3 atom stereocenters. The normalized spacial score (nSPS) is 28.0. The van der Waals surface area contributed by atoms with E-state index in [1.54, 1.807) is 0 Å². The summed E-state index contributed by atoms with van der Waals surface area (Å²) in [5.41, 5.74) is 1.06. The molecule has 1 aromatic carbocycles. The number of benzene rings is 1. The van der Waals surface area contributed by atoms with Gasteiger partial charge in [-0.25, -0.2) is 0 Å². The number of amides is 1. The number of piperidine rings is 1. The number of hydrogen-bond acceptors (Lipinski definition) is 2.